The van der Waals surface area contributed by atoms with Gasteiger partial charge in [0, 0.05) is 13.1 Å². The summed E-state index contributed by atoms with van der Waals surface area (Å²) >= 11 is 0. The number of Topliss-reactive ketones (excluding diaryl/α,β-unsaturated/α-hetero) is 1. The van der Waals surface area contributed by atoms with Crippen molar-refractivity contribution in [3.8, 4) is 6.07 Å². The maximum atomic E-state index is 12.0. The monoisotopic (exact) mass is 280 g/mol. The third-order valence-corrected chi connectivity index (χ3v) is 4.64. The molecule has 102 valence electrons. The molecule has 0 aromatic carbocycles. The molecule has 0 saturated heterocycles. The van der Waals surface area contributed by atoms with Gasteiger partial charge < -0.3 is 0 Å². The third kappa shape index (κ3) is 2.99. The van der Waals surface area contributed by atoms with Gasteiger partial charge in [0.15, 0.2) is 15.6 Å². The molecule has 0 aliphatic heterocycles. The summed E-state index contributed by atoms with van der Waals surface area (Å²) in [5, 5.41) is 9.08. The van der Waals surface area contributed by atoms with E-state index in [4.69, 9.17) is 5.26 Å². The Kier molecular flexibility index (Phi) is 4.11. The number of ketones is 1. The van der Waals surface area contributed by atoms with Crippen LogP contribution < -0.4 is 0 Å². The minimum Gasteiger partial charge on any atom is -0.293 e. The van der Waals surface area contributed by atoms with Gasteiger partial charge in [0.05, 0.1) is 22.1 Å². The first kappa shape index (κ1) is 15.3. The molecule has 0 amide bonds. The minimum atomic E-state index is -3.56. The minimum absolute atomic E-state index is 0.0701. The van der Waals surface area contributed by atoms with Gasteiger partial charge in [-0.15, -0.1) is 0 Å². The van der Waals surface area contributed by atoms with E-state index in [0.29, 0.717) is 5.56 Å². The average Bonchev–Trinajstić information content (AvgIpc) is 2.37. The van der Waals surface area contributed by atoms with Crippen LogP contribution in [0.5, 0.6) is 0 Å². The zero-order valence-corrected chi connectivity index (χ0v) is 12.2. The fraction of sp³-hybridized carbons (Fsp3) is 0.462. The fourth-order valence-corrected chi connectivity index (χ4v) is 2.62. The van der Waals surface area contributed by atoms with Crippen molar-refractivity contribution in [2.75, 3.05) is 5.75 Å². The first-order valence-electron chi connectivity index (χ1n) is 5.81. The van der Waals surface area contributed by atoms with E-state index in [1.54, 1.807) is 13.8 Å². The molecule has 1 aromatic heterocycles. The molecule has 19 heavy (non-hydrogen) atoms. The lowest BCUT2D eigenvalue weighted by atomic mass is 9.87. The summed E-state index contributed by atoms with van der Waals surface area (Å²) < 4.78 is 24.0. The molecule has 1 rings (SSSR count). The summed E-state index contributed by atoms with van der Waals surface area (Å²) in [4.78, 5) is 15.3. The highest BCUT2D eigenvalue weighted by Crippen LogP contribution is 2.26. The number of rotatable bonds is 4. The quantitative estimate of drug-likeness (QED) is 0.786. The molecule has 0 saturated carbocycles. The van der Waals surface area contributed by atoms with Crippen LogP contribution in [-0.4, -0.2) is 24.9 Å². The molecular weight excluding hydrogens is 264 g/mol. The Morgan fingerprint density at radius 2 is 2.05 bits per heavy atom. The lowest BCUT2D eigenvalue weighted by Crippen LogP contribution is -2.18. The first-order valence-corrected chi connectivity index (χ1v) is 7.46. The molecule has 0 bridgehead atoms. The van der Waals surface area contributed by atoms with Gasteiger partial charge in [0.2, 0.25) is 0 Å². The molecule has 1 aromatic rings. The van der Waals surface area contributed by atoms with Crippen molar-refractivity contribution >= 4 is 15.6 Å². The zero-order chi connectivity index (χ0) is 14.8. The van der Waals surface area contributed by atoms with Crippen molar-refractivity contribution in [3.05, 3.63) is 23.5 Å². The Morgan fingerprint density at radius 1 is 1.47 bits per heavy atom. The van der Waals surface area contributed by atoms with Crippen molar-refractivity contribution in [1.29, 1.82) is 5.26 Å². The molecule has 0 unspecified atom stereocenters. The standard InChI is InChI=1S/C13H16N2O3S/c1-5-19(17,18)11-6-10(13(3,4)8-14)7-15-12(11)9(2)16/h6-7H,5H2,1-4H3. The van der Waals surface area contributed by atoms with E-state index in [0.717, 1.165) is 0 Å². The Labute approximate surface area is 113 Å². The Morgan fingerprint density at radius 3 is 2.47 bits per heavy atom. The zero-order valence-electron chi connectivity index (χ0n) is 11.4. The molecule has 0 atom stereocenters. The van der Waals surface area contributed by atoms with Crippen molar-refractivity contribution in [1.82, 2.24) is 4.98 Å². The molecule has 0 aliphatic rings. The summed E-state index contributed by atoms with van der Waals surface area (Å²) in [5.74, 6) is -0.529. The molecule has 0 spiro atoms. The summed E-state index contributed by atoms with van der Waals surface area (Å²) in [6, 6.07) is 3.46. The molecular formula is C13H16N2O3S. The second-order valence-corrected chi connectivity index (χ2v) is 7.01. The van der Waals surface area contributed by atoms with Gasteiger partial charge in [-0.25, -0.2) is 8.42 Å². The topological polar surface area (TPSA) is 87.9 Å². The number of nitrogens with zero attached hydrogens (tertiary/aromatic N) is 2. The number of pyridine rings is 1. The van der Waals surface area contributed by atoms with E-state index >= 15 is 0 Å². The summed E-state index contributed by atoms with van der Waals surface area (Å²) in [6.07, 6.45) is 1.38. The maximum absolute atomic E-state index is 12.0. The van der Waals surface area contributed by atoms with Crippen molar-refractivity contribution in [3.63, 3.8) is 0 Å². The number of aromatic nitrogens is 1. The van der Waals surface area contributed by atoms with E-state index in [1.807, 2.05) is 0 Å². The van der Waals surface area contributed by atoms with E-state index in [9.17, 15) is 13.2 Å². The van der Waals surface area contributed by atoms with Gasteiger partial charge >= 0.3 is 0 Å². The average molecular weight is 280 g/mol. The van der Waals surface area contributed by atoms with Crippen molar-refractivity contribution in [2.24, 2.45) is 0 Å². The van der Waals surface area contributed by atoms with E-state index < -0.39 is 21.0 Å². The molecule has 1 heterocycles. The van der Waals surface area contributed by atoms with Crippen LogP contribution >= 0.6 is 0 Å². The number of nitriles is 1. The largest absolute Gasteiger partial charge is 0.293 e. The predicted molar refractivity (Wildman–Crippen MR) is 70.6 cm³/mol. The van der Waals surface area contributed by atoms with Crippen LogP contribution in [0.4, 0.5) is 0 Å². The van der Waals surface area contributed by atoms with Crippen LogP contribution in [0.2, 0.25) is 0 Å². The maximum Gasteiger partial charge on any atom is 0.180 e. The highest BCUT2D eigenvalue weighted by molar-refractivity contribution is 7.91. The van der Waals surface area contributed by atoms with Crippen molar-refractivity contribution < 1.29 is 13.2 Å². The van der Waals surface area contributed by atoms with Crippen LogP contribution in [0.15, 0.2) is 17.2 Å². The normalized spacial score (nSPS) is 11.9. The summed E-state index contributed by atoms with van der Waals surface area (Å²) in [7, 11) is -3.56. The van der Waals surface area contributed by atoms with Crippen LogP contribution in [0.1, 0.15) is 43.7 Å². The SMILES string of the molecule is CCS(=O)(=O)c1cc(C(C)(C)C#N)cnc1C(C)=O. The first-order chi connectivity index (χ1) is 8.65. The number of hydrogen-bond acceptors (Lipinski definition) is 5. The fourth-order valence-electron chi connectivity index (χ4n) is 1.51. The van der Waals surface area contributed by atoms with Gasteiger partial charge in [-0.05, 0) is 25.5 Å². The smallest absolute Gasteiger partial charge is 0.180 e. The Bertz CT molecular complexity index is 655. The lowest BCUT2D eigenvalue weighted by molar-refractivity contribution is 0.100. The summed E-state index contributed by atoms with van der Waals surface area (Å²) in [5.41, 5.74) is -0.452. The lowest BCUT2D eigenvalue weighted by Gasteiger charge is -2.17. The molecule has 0 fully saturated rings. The molecule has 0 radical (unpaired) electrons. The van der Waals surface area contributed by atoms with Crippen LogP contribution in [-0.2, 0) is 15.3 Å². The molecule has 0 N–H and O–H groups in total. The Balaban J connectivity index is 3.63. The van der Waals surface area contributed by atoms with Gasteiger partial charge in [0.25, 0.3) is 0 Å². The van der Waals surface area contributed by atoms with Crippen LogP contribution in [0.3, 0.4) is 0 Å². The Hall–Kier alpha value is -1.74. The van der Waals surface area contributed by atoms with E-state index in [2.05, 4.69) is 11.1 Å². The molecule has 5 nitrogen and oxygen atoms in total. The molecule has 0 aliphatic carbocycles. The number of carbonyl (C=O) groups excluding carboxylic acids is 1. The second kappa shape index (κ2) is 5.10. The highest BCUT2D eigenvalue weighted by Gasteiger charge is 2.26. The van der Waals surface area contributed by atoms with E-state index in [1.165, 1.54) is 26.1 Å². The number of carbonyl (C=O) groups is 1. The van der Waals surface area contributed by atoms with Gasteiger partial charge in [0.1, 0.15) is 5.69 Å². The summed E-state index contributed by atoms with van der Waals surface area (Å²) in [6.45, 7) is 6.10. The predicted octanol–water partition coefficient (Wildman–Crippen LogP) is 1.88. The molecule has 6 heteroatoms. The van der Waals surface area contributed by atoms with Crippen LogP contribution in [0.25, 0.3) is 0 Å². The van der Waals surface area contributed by atoms with Crippen LogP contribution in [0, 0.1) is 11.3 Å². The van der Waals surface area contributed by atoms with Gasteiger partial charge in [-0.1, -0.05) is 6.92 Å². The second-order valence-electron chi connectivity index (χ2n) is 4.77. The van der Waals surface area contributed by atoms with Crippen molar-refractivity contribution in [2.45, 2.75) is 38.0 Å². The van der Waals surface area contributed by atoms with Gasteiger partial charge in [-0.3, -0.25) is 9.78 Å². The third-order valence-electron chi connectivity index (χ3n) is 2.90. The number of hydrogen-bond donors (Lipinski definition) is 0. The van der Waals surface area contributed by atoms with E-state index in [-0.39, 0.29) is 16.3 Å². The van der Waals surface area contributed by atoms with Gasteiger partial charge in [-0.2, -0.15) is 5.26 Å². The number of sulfone groups is 1. The highest BCUT2D eigenvalue weighted by atomic mass is 32.2.